The van der Waals surface area contributed by atoms with Gasteiger partial charge in [0.2, 0.25) is 5.91 Å². The fourth-order valence-electron chi connectivity index (χ4n) is 3.36. The monoisotopic (exact) mass is 361 g/mol. The second-order valence-electron chi connectivity index (χ2n) is 5.86. The van der Waals surface area contributed by atoms with E-state index >= 15 is 0 Å². The van der Waals surface area contributed by atoms with Crippen molar-refractivity contribution in [3.05, 3.63) is 30.1 Å². The molecule has 0 aromatic carbocycles. The standard InChI is InChI=1S/C16H23N3O2.2ClH/c20-16(19-9-3-12-1-6-17-7-2-12)13-5-10-21-15-4-8-18-11-14(13)15;;/h1-2,6-7,13-15,18H,3-5,8-11H2,(H,19,20);2*1H/t13-,14+,15-;;/m1../s1. The van der Waals surface area contributed by atoms with Crippen LogP contribution in [-0.4, -0.2) is 43.2 Å². The topological polar surface area (TPSA) is 63.2 Å². The van der Waals surface area contributed by atoms with Crippen molar-refractivity contribution in [1.29, 1.82) is 0 Å². The Hall–Kier alpha value is -0.880. The van der Waals surface area contributed by atoms with Gasteiger partial charge < -0.3 is 15.4 Å². The highest BCUT2D eigenvalue weighted by Crippen LogP contribution is 2.30. The van der Waals surface area contributed by atoms with Crippen molar-refractivity contribution in [1.82, 2.24) is 15.6 Å². The molecule has 0 saturated carbocycles. The zero-order chi connectivity index (χ0) is 14.5. The van der Waals surface area contributed by atoms with Gasteiger partial charge in [0.15, 0.2) is 0 Å². The quantitative estimate of drug-likeness (QED) is 0.854. The molecule has 2 saturated heterocycles. The molecule has 2 N–H and O–H groups in total. The number of ether oxygens (including phenoxy) is 1. The van der Waals surface area contributed by atoms with Crippen molar-refractivity contribution in [2.45, 2.75) is 25.4 Å². The third-order valence-corrected chi connectivity index (χ3v) is 4.54. The summed E-state index contributed by atoms with van der Waals surface area (Å²) in [6, 6.07) is 3.98. The van der Waals surface area contributed by atoms with Crippen molar-refractivity contribution < 1.29 is 9.53 Å². The summed E-state index contributed by atoms with van der Waals surface area (Å²) < 4.78 is 5.81. The van der Waals surface area contributed by atoms with Crippen LogP contribution in [0.3, 0.4) is 0 Å². The van der Waals surface area contributed by atoms with Crippen molar-refractivity contribution >= 4 is 30.7 Å². The van der Waals surface area contributed by atoms with E-state index in [0.717, 1.165) is 32.4 Å². The maximum absolute atomic E-state index is 12.4. The highest BCUT2D eigenvalue weighted by molar-refractivity contribution is 5.85. The van der Waals surface area contributed by atoms with Crippen LogP contribution in [0, 0.1) is 11.8 Å². The first kappa shape index (κ1) is 20.2. The van der Waals surface area contributed by atoms with E-state index < -0.39 is 0 Å². The molecule has 2 aliphatic heterocycles. The minimum atomic E-state index is 0. The zero-order valence-electron chi connectivity index (χ0n) is 13.1. The van der Waals surface area contributed by atoms with E-state index in [1.54, 1.807) is 12.4 Å². The molecule has 5 nitrogen and oxygen atoms in total. The lowest BCUT2D eigenvalue weighted by atomic mass is 9.79. The molecule has 2 fully saturated rings. The second-order valence-corrected chi connectivity index (χ2v) is 5.86. The number of rotatable bonds is 4. The van der Waals surface area contributed by atoms with Crippen LogP contribution in [0.2, 0.25) is 0 Å². The van der Waals surface area contributed by atoms with Gasteiger partial charge in [-0.15, -0.1) is 24.8 Å². The van der Waals surface area contributed by atoms with Crippen LogP contribution in [-0.2, 0) is 16.0 Å². The molecular formula is C16H25Cl2N3O2. The first-order valence-corrected chi connectivity index (χ1v) is 7.83. The van der Waals surface area contributed by atoms with Gasteiger partial charge in [-0.2, -0.15) is 0 Å². The maximum atomic E-state index is 12.4. The summed E-state index contributed by atoms with van der Waals surface area (Å²) >= 11 is 0. The lowest BCUT2D eigenvalue weighted by Crippen LogP contribution is -2.52. The van der Waals surface area contributed by atoms with Gasteiger partial charge in [-0.05, 0) is 43.5 Å². The largest absolute Gasteiger partial charge is 0.378 e. The Kier molecular flexibility index (Phi) is 8.84. The fraction of sp³-hybridized carbons (Fsp3) is 0.625. The Bertz CT molecular complexity index is 474. The number of amides is 1. The highest BCUT2D eigenvalue weighted by Gasteiger charge is 2.39. The Morgan fingerprint density at radius 3 is 2.87 bits per heavy atom. The SMILES string of the molecule is Cl.Cl.O=C(NCCc1ccncc1)[C@@H]1CCO[C@@H]2CCNC[C@H]21. The molecule has 0 radical (unpaired) electrons. The fourth-order valence-corrected chi connectivity index (χ4v) is 3.36. The van der Waals surface area contributed by atoms with Crippen LogP contribution >= 0.6 is 24.8 Å². The molecule has 1 aromatic rings. The Morgan fingerprint density at radius 2 is 2.09 bits per heavy atom. The molecule has 3 heterocycles. The van der Waals surface area contributed by atoms with Crippen molar-refractivity contribution in [3.8, 4) is 0 Å². The number of piperidine rings is 1. The van der Waals surface area contributed by atoms with Crippen LogP contribution in [0.4, 0.5) is 0 Å². The molecule has 0 aliphatic carbocycles. The molecule has 2 aliphatic rings. The number of aromatic nitrogens is 1. The van der Waals surface area contributed by atoms with Crippen LogP contribution in [0.1, 0.15) is 18.4 Å². The number of halogens is 2. The van der Waals surface area contributed by atoms with Crippen molar-refractivity contribution in [2.24, 2.45) is 11.8 Å². The maximum Gasteiger partial charge on any atom is 0.223 e. The second kappa shape index (κ2) is 10.1. The summed E-state index contributed by atoms with van der Waals surface area (Å²) in [6.07, 6.45) is 6.54. The molecule has 7 heteroatoms. The molecule has 0 bridgehead atoms. The zero-order valence-corrected chi connectivity index (χ0v) is 14.7. The Labute approximate surface area is 149 Å². The minimum Gasteiger partial charge on any atom is -0.378 e. The summed E-state index contributed by atoms with van der Waals surface area (Å²) in [5.41, 5.74) is 1.20. The first-order valence-electron chi connectivity index (χ1n) is 7.83. The molecule has 130 valence electrons. The number of pyridine rings is 1. The van der Waals surface area contributed by atoms with Gasteiger partial charge in [0, 0.05) is 43.9 Å². The predicted octanol–water partition coefficient (Wildman–Crippen LogP) is 1.60. The Morgan fingerprint density at radius 1 is 1.30 bits per heavy atom. The van der Waals surface area contributed by atoms with Gasteiger partial charge in [-0.1, -0.05) is 0 Å². The summed E-state index contributed by atoms with van der Waals surface area (Å²) in [4.78, 5) is 16.4. The van der Waals surface area contributed by atoms with Gasteiger partial charge in [-0.3, -0.25) is 9.78 Å². The van der Waals surface area contributed by atoms with Crippen molar-refractivity contribution in [2.75, 3.05) is 26.2 Å². The van der Waals surface area contributed by atoms with Gasteiger partial charge in [0.25, 0.3) is 0 Å². The lowest BCUT2D eigenvalue weighted by Gasteiger charge is -2.40. The third kappa shape index (κ3) is 5.31. The van der Waals surface area contributed by atoms with Crippen LogP contribution in [0.25, 0.3) is 0 Å². The Balaban J connectivity index is 0.00000132. The molecule has 23 heavy (non-hydrogen) atoms. The van der Waals surface area contributed by atoms with Crippen LogP contribution < -0.4 is 10.6 Å². The van der Waals surface area contributed by atoms with E-state index in [-0.39, 0.29) is 42.7 Å². The van der Waals surface area contributed by atoms with E-state index in [2.05, 4.69) is 15.6 Å². The summed E-state index contributed by atoms with van der Waals surface area (Å²) in [7, 11) is 0. The van der Waals surface area contributed by atoms with E-state index in [1.807, 2.05) is 12.1 Å². The van der Waals surface area contributed by atoms with Gasteiger partial charge >= 0.3 is 0 Å². The number of nitrogens with one attached hydrogen (secondary N) is 2. The molecule has 1 aromatic heterocycles. The smallest absolute Gasteiger partial charge is 0.223 e. The van der Waals surface area contributed by atoms with Gasteiger partial charge in [-0.25, -0.2) is 0 Å². The van der Waals surface area contributed by atoms with Gasteiger partial charge in [0.05, 0.1) is 6.10 Å². The van der Waals surface area contributed by atoms with Crippen LogP contribution in [0.15, 0.2) is 24.5 Å². The number of carbonyl (C=O) groups is 1. The lowest BCUT2D eigenvalue weighted by molar-refractivity contribution is -0.137. The van der Waals surface area contributed by atoms with Gasteiger partial charge in [0.1, 0.15) is 0 Å². The minimum absolute atomic E-state index is 0. The summed E-state index contributed by atoms with van der Waals surface area (Å²) in [5, 5.41) is 6.48. The predicted molar refractivity (Wildman–Crippen MR) is 94.3 cm³/mol. The molecule has 0 spiro atoms. The number of carbonyl (C=O) groups excluding carboxylic acids is 1. The average molecular weight is 362 g/mol. The van der Waals surface area contributed by atoms with Crippen molar-refractivity contribution in [3.63, 3.8) is 0 Å². The summed E-state index contributed by atoms with van der Waals surface area (Å²) in [5.74, 6) is 0.605. The van der Waals surface area contributed by atoms with E-state index in [9.17, 15) is 4.79 Å². The van der Waals surface area contributed by atoms with Crippen LogP contribution in [0.5, 0.6) is 0 Å². The molecule has 3 atom stereocenters. The van der Waals surface area contributed by atoms with E-state index in [4.69, 9.17) is 4.74 Å². The van der Waals surface area contributed by atoms with E-state index in [0.29, 0.717) is 19.1 Å². The normalized spacial score (nSPS) is 26.2. The molecule has 0 unspecified atom stereocenters. The molecule has 3 rings (SSSR count). The first-order chi connectivity index (χ1) is 10.3. The summed E-state index contributed by atoms with van der Waals surface area (Å²) in [6.45, 7) is 3.29. The molecule has 1 amide bonds. The van der Waals surface area contributed by atoms with E-state index in [1.165, 1.54) is 5.56 Å². The number of fused-ring (bicyclic) bond motifs is 1. The average Bonchev–Trinajstić information content (AvgIpc) is 2.55. The number of hydrogen-bond donors (Lipinski definition) is 2. The highest BCUT2D eigenvalue weighted by atomic mass is 35.5. The third-order valence-electron chi connectivity index (χ3n) is 4.54. The molecular weight excluding hydrogens is 337 g/mol. The number of hydrogen-bond acceptors (Lipinski definition) is 4. The number of nitrogens with zero attached hydrogens (tertiary/aromatic N) is 1.